The van der Waals surface area contributed by atoms with Crippen LogP contribution in [-0.2, 0) is 12.7 Å². The fourth-order valence-electron chi connectivity index (χ4n) is 2.38. The molecule has 0 heterocycles. The predicted octanol–water partition coefficient (Wildman–Crippen LogP) is 6.10. The number of halogens is 8. The fourth-order valence-corrected chi connectivity index (χ4v) is 2.38. The minimum absolute atomic E-state index is 0.385. The molecule has 0 N–H and O–H groups in total. The first-order chi connectivity index (χ1) is 12.4. The maximum absolute atomic E-state index is 13.8. The zero-order chi connectivity index (χ0) is 20.4. The van der Waals surface area contributed by atoms with Crippen molar-refractivity contribution >= 4 is 11.4 Å². The van der Waals surface area contributed by atoms with Crippen molar-refractivity contribution < 1.29 is 35.1 Å². The first-order valence-corrected chi connectivity index (χ1v) is 7.25. The number of hydrogen-bond donors (Lipinski definition) is 0. The van der Waals surface area contributed by atoms with Gasteiger partial charge in [-0.2, -0.15) is 26.3 Å². The van der Waals surface area contributed by atoms with E-state index in [1.165, 1.54) is 0 Å². The Hall–Kier alpha value is -2.83. The third-order valence-electron chi connectivity index (χ3n) is 3.53. The number of rotatable bonds is 4. The Morgan fingerprint density at radius 3 is 2.19 bits per heavy atom. The molecule has 2 aromatic rings. The monoisotopic (exact) mass is 394 g/mol. The van der Waals surface area contributed by atoms with E-state index >= 15 is 0 Å². The highest BCUT2D eigenvalue weighted by Gasteiger charge is 2.36. The van der Waals surface area contributed by atoms with Crippen LogP contribution in [0.1, 0.15) is 11.1 Å². The molecule has 10 heteroatoms. The van der Waals surface area contributed by atoms with Crippen LogP contribution in [0, 0.1) is 18.2 Å². The van der Waals surface area contributed by atoms with Gasteiger partial charge < -0.3 is 4.90 Å². The van der Waals surface area contributed by atoms with Crippen molar-refractivity contribution in [2.75, 3.05) is 11.4 Å². The zero-order valence-corrected chi connectivity index (χ0v) is 13.3. The van der Waals surface area contributed by atoms with Gasteiger partial charge in [-0.15, -0.1) is 0 Å². The molecule has 0 saturated carbocycles. The van der Waals surface area contributed by atoms with E-state index in [1.54, 1.807) is 0 Å². The van der Waals surface area contributed by atoms with Gasteiger partial charge in [-0.05, 0) is 18.2 Å². The Bertz CT molecular complexity index is 865. The molecule has 0 fully saturated rings. The number of benzene rings is 2. The Balaban J connectivity index is 2.52. The van der Waals surface area contributed by atoms with E-state index in [-0.39, 0.29) is 0 Å². The summed E-state index contributed by atoms with van der Waals surface area (Å²) in [4.78, 5) is 3.13. The Morgan fingerprint density at radius 1 is 0.963 bits per heavy atom. The normalized spacial score (nSPS) is 12.0. The molecule has 0 amide bonds. The van der Waals surface area contributed by atoms with Gasteiger partial charge in [0.05, 0.1) is 12.1 Å². The van der Waals surface area contributed by atoms with Crippen molar-refractivity contribution in [3.05, 3.63) is 70.6 Å². The molecule has 0 radical (unpaired) electrons. The molecule has 0 aliphatic heterocycles. The molecule has 0 aromatic heterocycles. The van der Waals surface area contributed by atoms with E-state index in [4.69, 9.17) is 6.57 Å². The summed E-state index contributed by atoms with van der Waals surface area (Å²) >= 11 is 0. The second-order valence-electron chi connectivity index (χ2n) is 5.50. The van der Waals surface area contributed by atoms with Gasteiger partial charge in [-0.25, -0.2) is 13.6 Å². The number of nitrogens with zero attached hydrogens (tertiary/aromatic N) is 2. The van der Waals surface area contributed by atoms with E-state index in [9.17, 15) is 35.1 Å². The van der Waals surface area contributed by atoms with Crippen LogP contribution in [0.15, 0.2) is 36.4 Å². The van der Waals surface area contributed by atoms with E-state index in [1.807, 2.05) is 0 Å². The maximum Gasteiger partial charge on any atom is 0.407 e. The topological polar surface area (TPSA) is 7.60 Å². The molecule has 0 unspecified atom stereocenters. The van der Waals surface area contributed by atoms with E-state index in [0.29, 0.717) is 11.0 Å². The number of hydrogen-bond acceptors (Lipinski definition) is 1. The molecule has 144 valence electrons. The summed E-state index contributed by atoms with van der Waals surface area (Å²) in [5.41, 5.74) is -3.19. The lowest BCUT2D eigenvalue weighted by molar-refractivity contribution is -0.136. The molecule has 2 nitrogen and oxygen atoms in total. The molecule has 0 saturated heterocycles. The standard InChI is InChI=1S/C17H10F8N2/c1-26-14-6-5-11(7-12(14)17(23,24)25)27(9-16(20,21)22)8-10-3-2-4-13(18)15(10)19/h2-7H,8-9H2. The van der Waals surface area contributed by atoms with Gasteiger partial charge in [0, 0.05) is 17.8 Å². The van der Waals surface area contributed by atoms with Crippen LogP contribution < -0.4 is 4.90 Å². The highest BCUT2D eigenvalue weighted by atomic mass is 19.4. The number of anilines is 1. The molecule has 2 aromatic carbocycles. The zero-order valence-electron chi connectivity index (χ0n) is 13.3. The van der Waals surface area contributed by atoms with E-state index in [2.05, 4.69) is 4.85 Å². The summed E-state index contributed by atoms with van der Waals surface area (Å²) in [5.74, 6) is -2.68. The van der Waals surface area contributed by atoms with Crippen LogP contribution in [0.25, 0.3) is 4.85 Å². The Morgan fingerprint density at radius 2 is 1.63 bits per heavy atom. The SMILES string of the molecule is [C-]#[N+]c1ccc(N(Cc2cccc(F)c2F)CC(F)(F)F)cc1C(F)(F)F. The lowest BCUT2D eigenvalue weighted by Crippen LogP contribution is -2.34. The van der Waals surface area contributed by atoms with E-state index in [0.717, 1.165) is 30.3 Å². The number of alkyl halides is 6. The predicted molar refractivity (Wildman–Crippen MR) is 81.2 cm³/mol. The van der Waals surface area contributed by atoms with Crippen LogP contribution in [0.2, 0.25) is 0 Å². The van der Waals surface area contributed by atoms with Crippen molar-refractivity contribution in [1.82, 2.24) is 0 Å². The molecule has 0 aliphatic rings. The van der Waals surface area contributed by atoms with Crippen molar-refractivity contribution in [3.8, 4) is 0 Å². The van der Waals surface area contributed by atoms with Crippen molar-refractivity contribution in [2.24, 2.45) is 0 Å². The average Bonchev–Trinajstić information content (AvgIpc) is 2.55. The van der Waals surface area contributed by atoms with Crippen molar-refractivity contribution in [3.63, 3.8) is 0 Å². The van der Waals surface area contributed by atoms with Gasteiger partial charge in [0.15, 0.2) is 17.3 Å². The summed E-state index contributed by atoms with van der Waals surface area (Å²) in [6.45, 7) is 4.24. The highest BCUT2D eigenvalue weighted by molar-refractivity contribution is 5.62. The van der Waals surface area contributed by atoms with Gasteiger partial charge in [-0.3, -0.25) is 0 Å². The molecule has 0 atom stereocenters. The molecule has 27 heavy (non-hydrogen) atoms. The maximum atomic E-state index is 13.8. The Kier molecular flexibility index (Phi) is 5.63. The molecule has 0 spiro atoms. The van der Waals surface area contributed by atoms with Crippen LogP contribution in [0.5, 0.6) is 0 Å². The summed E-state index contributed by atoms with van der Waals surface area (Å²) in [7, 11) is 0. The van der Waals surface area contributed by atoms with Gasteiger partial charge in [0.2, 0.25) is 0 Å². The molecule has 2 rings (SSSR count). The van der Waals surface area contributed by atoms with Gasteiger partial charge >= 0.3 is 12.4 Å². The molecule has 0 aliphatic carbocycles. The van der Waals surface area contributed by atoms with Gasteiger partial charge in [0.25, 0.3) is 0 Å². The summed E-state index contributed by atoms with van der Waals surface area (Å²) in [5, 5.41) is 0. The van der Waals surface area contributed by atoms with E-state index < -0.39 is 59.6 Å². The Labute approximate surface area is 148 Å². The van der Waals surface area contributed by atoms with Crippen molar-refractivity contribution in [1.29, 1.82) is 0 Å². The third kappa shape index (κ3) is 5.09. The minimum atomic E-state index is -4.97. The summed E-state index contributed by atoms with van der Waals surface area (Å²) in [6.07, 6.45) is -9.79. The van der Waals surface area contributed by atoms with Crippen LogP contribution >= 0.6 is 0 Å². The summed E-state index contributed by atoms with van der Waals surface area (Å²) in [6, 6.07) is 4.88. The van der Waals surface area contributed by atoms with Gasteiger partial charge in [0.1, 0.15) is 6.54 Å². The average molecular weight is 394 g/mol. The quantitative estimate of drug-likeness (QED) is 0.449. The van der Waals surface area contributed by atoms with Crippen LogP contribution in [0.3, 0.4) is 0 Å². The first-order valence-electron chi connectivity index (χ1n) is 7.25. The third-order valence-corrected chi connectivity index (χ3v) is 3.53. The molecular formula is C17H10F8N2. The van der Waals surface area contributed by atoms with Crippen molar-refractivity contribution in [2.45, 2.75) is 18.9 Å². The first kappa shape index (κ1) is 20.5. The lowest BCUT2D eigenvalue weighted by Gasteiger charge is -2.27. The lowest BCUT2D eigenvalue weighted by atomic mass is 10.1. The largest absolute Gasteiger partial charge is 0.407 e. The molecular weight excluding hydrogens is 384 g/mol. The smallest absolute Gasteiger partial charge is 0.358 e. The molecule has 0 bridgehead atoms. The van der Waals surface area contributed by atoms with Crippen LogP contribution in [0.4, 0.5) is 46.5 Å². The van der Waals surface area contributed by atoms with Crippen LogP contribution in [-0.4, -0.2) is 12.7 Å². The van der Waals surface area contributed by atoms with Gasteiger partial charge in [-0.1, -0.05) is 18.2 Å². The fraction of sp³-hybridized carbons (Fsp3) is 0.235. The second kappa shape index (κ2) is 7.42. The minimum Gasteiger partial charge on any atom is -0.358 e. The second-order valence-corrected chi connectivity index (χ2v) is 5.50. The summed E-state index contributed by atoms with van der Waals surface area (Å²) < 4.78 is 105. The highest BCUT2D eigenvalue weighted by Crippen LogP contribution is 2.39.